The number of alkyl halides is 2. The van der Waals surface area contributed by atoms with E-state index in [0.717, 1.165) is 22.3 Å². The van der Waals surface area contributed by atoms with Gasteiger partial charge in [-0.25, -0.2) is 4.79 Å². The Balaban J connectivity index is 1.46. The molecule has 0 radical (unpaired) electrons. The van der Waals surface area contributed by atoms with Crippen LogP contribution in [0, 0.1) is 0 Å². The van der Waals surface area contributed by atoms with E-state index in [1.165, 1.54) is 6.20 Å². The van der Waals surface area contributed by atoms with Crippen LogP contribution in [0.4, 0.5) is 8.78 Å². The third-order valence-corrected chi connectivity index (χ3v) is 5.28. The topological polar surface area (TPSA) is 96.6 Å². The van der Waals surface area contributed by atoms with Crippen molar-refractivity contribution < 1.29 is 13.2 Å². The van der Waals surface area contributed by atoms with Crippen molar-refractivity contribution in [3.8, 4) is 22.7 Å². The quantitative estimate of drug-likeness (QED) is 0.419. The highest BCUT2D eigenvalue weighted by atomic mass is 19.3. The molecule has 4 aromatic heterocycles. The van der Waals surface area contributed by atoms with Crippen LogP contribution in [0.2, 0.25) is 0 Å². The summed E-state index contributed by atoms with van der Waals surface area (Å²) >= 11 is 0. The largest absolute Gasteiger partial charge is 0.415 e. The van der Waals surface area contributed by atoms with Crippen molar-refractivity contribution in [2.45, 2.75) is 13.0 Å². The summed E-state index contributed by atoms with van der Waals surface area (Å²) < 4.78 is 35.2. The normalized spacial score (nSPS) is 11.7. The van der Waals surface area contributed by atoms with Gasteiger partial charge in [-0.3, -0.25) is 18.8 Å². The molecule has 0 aliphatic carbocycles. The zero-order valence-electron chi connectivity index (χ0n) is 17.1. The fourth-order valence-corrected chi connectivity index (χ4v) is 3.62. The van der Waals surface area contributed by atoms with Gasteiger partial charge in [-0.1, -0.05) is 6.07 Å². The van der Waals surface area contributed by atoms with E-state index in [4.69, 9.17) is 4.42 Å². The number of benzene rings is 1. The van der Waals surface area contributed by atoms with Crippen molar-refractivity contribution in [2.75, 3.05) is 0 Å². The highest BCUT2D eigenvalue weighted by molar-refractivity contribution is 5.82. The van der Waals surface area contributed by atoms with Crippen LogP contribution < -0.4 is 5.69 Å². The Morgan fingerprint density at radius 3 is 2.50 bits per heavy atom. The van der Waals surface area contributed by atoms with Crippen molar-refractivity contribution >= 4 is 11.0 Å². The lowest BCUT2D eigenvalue weighted by Gasteiger charge is -2.05. The summed E-state index contributed by atoms with van der Waals surface area (Å²) in [5.74, 6) is -0.777. The number of fused-ring (bicyclic) bond motifs is 1. The molecule has 0 saturated carbocycles. The lowest BCUT2D eigenvalue weighted by atomic mass is 10.1. The van der Waals surface area contributed by atoms with Crippen molar-refractivity contribution in [1.82, 2.24) is 34.1 Å². The Hall–Kier alpha value is -4.15. The summed E-state index contributed by atoms with van der Waals surface area (Å²) in [4.78, 5) is 17.2. The molecule has 5 aromatic rings. The predicted molar refractivity (Wildman–Crippen MR) is 111 cm³/mol. The zero-order chi connectivity index (χ0) is 22.4. The number of hydrogen-bond donors (Lipinski definition) is 0. The van der Waals surface area contributed by atoms with E-state index < -0.39 is 12.3 Å². The molecule has 162 valence electrons. The molecular weight excluding hydrogens is 420 g/mol. The fourth-order valence-electron chi connectivity index (χ4n) is 3.62. The van der Waals surface area contributed by atoms with Crippen LogP contribution in [0.15, 0.2) is 58.0 Å². The van der Waals surface area contributed by atoms with Gasteiger partial charge in [0.1, 0.15) is 0 Å². The van der Waals surface area contributed by atoms with Crippen molar-refractivity contribution in [1.29, 1.82) is 0 Å². The SMILES string of the molecule is Cn1nccc1-c1ccc2c(c1)n(C)c(=O)n2Cc1ccc(-c2nnc(C(F)F)o2)cn1. The van der Waals surface area contributed by atoms with E-state index in [-0.39, 0.29) is 18.1 Å². The van der Waals surface area contributed by atoms with Gasteiger partial charge in [0.15, 0.2) is 0 Å². The number of nitrogens with zero attached hydrogens (tertiary/aromatic N) is 7. The van der Waals surface area contributed by atoms with Crippen LogP contribution in [0.3, 0.4) is 0 Å². The van der Waals surface area contributed by atoms with E-state index in [1.807, 2.05) is 31.3 Å². The molecule has 0 N–H and O–H groups in total. The van der Waals surface area contributed by atoms with E-state index >= 15 is 0 Å². The maximum Gasteiger partial charge on any atom is 0.329 e. The van der Waals surface area contributed by atoms with Gasteiger partial charge in [0.25, 0.3) is 5.89 Å². The van der Waals surface area contributed by atoms with E-state index in [9.17, 15) is 13.6 Å². The number of aryl methyl sites for hydroxylation is 2. The smallest absolute Gasteiger partial charge is 0.329 e. The molecule has 0 saturated heterocycles. The molecule has 0 aliphatic heterocycles. The number of rotatable bonds is 5. The Labute approximate surface area is 179 Å². The predicted octanol–water partition coefficient (Wildman–Crippen LogP) is 3.17. The molecule has 0 aliphatic rings. The van der Waals surface area contributed by atoms with Crippen molar-refractivity contribution in [2.24, 2.45) is 14.1 Å². The van der Waals surface area contributed by atoms with Gasteiger partial charge in [-0.15, -0.1) is 10.2 Å². The van der Waals surface area contributed by atoms with Gasteiger partial charge in [0.2, 0.25) is 5.89 Å². The van der Waals surface area contributed by atoms with E-state index in [0.29, 0.717) is 11.3 Å². The molecule has 0 unspecified atom stereocenters. The van der Waals surface area contributed by atoms with Crippen LogP contribution in [-0.2, 0) is 20.6 Å². The second-order valence-electron chi connectivity index (χ2n) is 7.26. The maximum atomic E-state index is 12.9. The first-order valence-corrected chi connectivity index (χ1v) is 9.67. The summed E-state index contributed by atoms with van der Waals surface area (Å²) in [5, 5.41) is 11.1. The third kappa shape index (κ3) is 3.27. The molecule has 11 heteroatoms. The molecule has 5 rings (SSSR count). The van der Waals surface area contributed by atoms with Gasteiger partial charge in [0, 0.05) is 32.1 Å². The monoisotopic (exact) mass is 437 g/mol. The number of imidazole rings is 1. The average Bonchev–Trinajstić information content (AvgIpc) is 3.50. The molecular formula is C21H17F2N7O2. The van der Waals surface area contributed by atoms with Gasteiger partial charge < -0.3 is 4.42 Å². The summed E-state index contributed by atoms with van der Waals surface area (Å²) in [6.07, 6.45) is 0.344. The lowest BCUT2D eigenvalue weighted by molar-refractivity contribution is 0.116. The second-order valence-corrected chi connectivity index (χ2v) is 7.26. The average molecular weight is 437 g/mol. The molecule has 0 fully saturated rings. The van der Waals surface area contributed by atoms with Crippen LogP contribution >= 0.6 is 0 Å². The third-order valence-electron chi connectivity index (χ3n) is 5.28. The summed E-state index contributed by atoms with van der Waals surface area (Å²) in [6, 6.07) is 11.0. The highest BCUT2D eigenvalue weighted by Crippen LogP contribution is 2.25. The van der Waals surface area contributed by atoms with E-state index in [2.05, 4.69) is 20.3 Å². The zero-order valence-corrected chi connectivity index (χ0v) is 17.1. The minimum absolute atomic E-state index is 0.0376. The van der Waals surface area contributed by atoms with Gasteiger partial charge >= 0.3 is 12.1 Å². The number of hydrogen-bond acceptors (Lipinski definition) is 6. The van der Waals surface area contributed by atoms with Gasteiger partial charge in [0.05, 0.1) is 34.5 Å². The first-order chi connectivity index (χ1) is 15.4. The van der Waals surface area contributed by atoms with Crippen molar-refractivity contribution in [3.05, 3.63) is 70.9 Å². The standard InChI is InChI=1S/C21H17F2N7O2/c1-28-17-9-12(15-7-8-25-29(15)2)4-6-16(17)30(21(28)31)11-14-5-3-13(10-24-14)19-26-27-20(32-19)18(22)23/h3-10,18H,11H2,1-2H3. The lowest BCUT2D eigenvalue weighted by Crippen LogP contribution is -2.23. The van der Waals surface area contributed by atoms with Crippen LogP contribution in [0.25, 0.3) is 33.7 Å². The van der Waals surface area contributed by atoms with Gasteiger partial charge in [-0.05, 0) is 30.3 Å². The van der Waals surface area contributed by atoms with Gasteiger partial charge in [-0.2, -0.15) is 13.9 Å². The van der Waals surface area contributed by atoms with Crippen molar-refractivity contribution in [3.63, 3.8) is 0 Å². The molecule has 1 aromatic carbocycles. The summed E-state index contributed by atoms with van der Waals surface area (Å²) in [6.45, 7) is 0.244. The molecule has 0 amide bonds. The molecule has 0 atom stereocenters. The summed E-state index contributed by atoms with van der Waals surface area (Å²) in [7, 11) is 3.59. The molecule has 4 heterocycles. The van der Waals surface area contributed by atoms with E-state index in [1.54, 1.807) is 39.2 Å². The summed E-state index contributed by atoms with van der Waals surface area (Å²) in [5.41, 5.74) is 4.32. The molecule has 9 nitrogen and oxygen atoms in total. The molecule has 0 spiro atoms. The highest BCUT2D eigenvalue weighted by Gasteiger charge is 2.18. The maximum absolute atomic E-state index is 12.9. The number of pyridine rings is 1. The Bertz CT molecular complexity index is 1480. The fraction of sp³-hybridized carbons (Fsp3) is 0.190. The Kier molecular flexibility index (Phi) is 4.65. The number of halogens is 2. The van der Waals surface area contributed by atoms with Crippen LogP contribution in [-0.4, -0.2) is 34.1 Å². The number of aromatic nitrogens is 7. The first kappa shape index (κ1) is 19.8. The van der Waals surface area contributed by atoms with Crippen LogP contribution in [0.5, 0.6) is 0 Å². The second kappa shape index (κ2) is 7.52. The minimum atomic E-state index is -2.83. The Morgan fingerprint density at radius 1 is 1.03 bits per heavy atom. The first-order valence-electron chi connectivity index (χ1n) is 9.67. The minimum Gasteiger partial charge on any atom is -0.415 e. The van der Waals surface area contributed by atoms with Crippen LogP contribution in [0.1, 0.15) is 18.0 Å². The Morgan fingerprint density at radius 2 is 1.84 bits per heavy atom. The molecule has 32 heavy (non-hydrogen) atoms. The molecule has 0 bridgehead atoms.